The van der Waals surface area contributed by atoms with Crippen molar-refractivity contribution in [1.29, 1.82) is 0 Å². The number of para-hydroxylation sites is 1. The molecule has 0 spiro atoms. The van der Waals surface area contributed by atoms with Gasteiger partial charge in [0.05, 0.1) is 6.54 Å². The van der Waals surface area contributed by atoms with E-state index < -0.39 is 0 Å². The van der Waals surface area contributed by atoms with Crippen molar-refractivity contribution < 1.29 is 9.47 Å². The van der Waals surface area contributed by atoms with Crippen LogP contribution in [0.2, 0.25) is 0 Å². The van der Waals surface area contributed by atoms with Crippen LogP contribution < -0.4 is 10.1 Å². The van der Waals surface area contributed by atoms with Gasteiger partial charge in [-0.1, -0.05) is 18.2 Å². The van der Waals surface area contributed by atoms with Crippen LogP contribution in [-0.2, 0) is 4.74 Å². The number of hydrogen-bond donors (Lipinski definition) is 1. The van der Waals surface area contributed by atoms with Gasteiger partial charge in [-0.2, -0.15) is 11.8 Å². The van der Waals surface area contributed by atoms with Crippen LogP contribution in [0, 0.1) is 0 Å². The first-order chi connectivity index (χ1) is 13.2. The fourth-order valence-corrected chi connectivity index (χ4v) is 4.46. The summed E-state index contributed by atoms with van der Waals surface area (Å²) in [5.74, 6) is 2.02. The minimum absolute atomic E-state index is 0. The summed E-state index contributed by atoms with van der Waals surface area (Å²) in [5, 5.41) is 3.49. The van der Waals surface area contributed by atoms with E-state index in [2.05, 4.69) is 23.4 Å². The maximum atomic E-state index is 6.13. The van der Waals surface area contributed by atoms with Gasteiger partial charge < -0.3 is 19.7 Å². The van der Waals surface area contributed by atoms with Crippen molar-refractivity contribution in [3.05, 3.63) is 30.3 Å². The quantitative estimate of drug-likeness (QED) is 0.350. The van der Waals surface area contributed by atoms with Crippen LogP contribution in [0.3, 0.4) is 0 Å². The van der Waals surface area contributed by atoms with Crippen molar-refractivity contribution >= 4 is 41.7 Å². The Hall–Kier alpha value is -0.670. The number of likely N-dealkylation sites (tertiary alicyclic amines) is 1. The van der Waals surface area contributed by atoms with E-state index in [0.717, 1.165) is 76.8 Å². The van der Waals surface area contributed by atoms with E-state index in [4.69, 9.17) is 14.5 Å². The summed E-state index contributed by atoms with van der Waals surface area (Å²) in [6, 6.07) is 10.1. The third-order valence-electron chi connectivity index (χ3n) is 5.48. The maximum absolute atomic E-state index is 6.13. The number of halogens is 1. The largest absolute Gasteiger partial charge is 0.490 e. The van der Waals surface area contributed by atoms with Crippen molar-refractivity contribution in [3.63, 3.8) is 0 Å². The Balaban J connectivity index is 0.00000280. The molecule has 0 amide bonds. The summed E-state index contributed by atoms with van der Waals surface area (Å²) in [7, 11) is 0. The van der Waals surface area contributed by atoms with E-state index in [0.29, 0.717) is 6.10 Å². The highest BCUT2D eigenvalue weighted by Crippen LogP contribution is 2.34. The Bertz CT molecular complexity index is 589. The summed E-state index contributed by atoms with van der Waals surface area (Å²) in [4.78, 5) is 7.42. The van der Waals surface area contributed by atoms with Gasteiger partial charge in [-0.15, -0.1) is 24.0 Å². The molecular weight excluding hydrogens is 485 g/mol. The lowest BCUT2D eigenvalue weighted by Gasteiger charge is -2.37. The lowest BCUT2D eigenvalue weighted by atomic mass is 9.99. The molecule has 2 heterocycles. The van der Waals surface area contributed by atoms with Crippen LogP contribution in [0.4, 0.5) is 0 Å². The summed E-state index contributed by atoms with van der Waals surface area (Å²) in [5.41, 5.74) is 0. The zero-order valence-corrected chi connectivity index (χ0v) is 20.2. The molecule has 0 bridgehead atoms. The summed E-state index contributed by atoms with van der Waals surface area (Å²) in [6.45, 7) is 7.58. The molecule has 5 nitrogen and oxygen atoms in total. The molecule has 0 unspecified atom stereocenters. The van der Waals surface area contributed by atoms with E-state index in [-0.39, 0.29) is 28.7 Å². The van der Waals surface area contributed by atoms with E-state index >= 15 is 0 Å². The van der Waals surface area contributed by atoms with Gasteiger partial charge in [-0.3, -0.25) is 4.99 Å². The van der Waals surface area contributed by atoms with Gasteiger partial charge >= 0.3 is 0 Å². The van der Waals surface area contributed by atoms with Crippen LogP contribution in [0.25, 0.3) is 0 Å². The number of nitrogens with one attached hydrogen (secondary N) is 1. The Kier molecular flexibility index (Phi) is 10.2. The number of ether oxygens (including phenoxy) is 2. The number of aliphatic imine (C=N–C) groups is 1. The smallest absolute Gasteiger partial charge is 0.193 e. The van der Waals surface area contributed by atoms with Gasteiger partial charge in [0.15, 0.2) is 5.96 Å². The van der Waals surface area contributed by atoms with Gasteiger partial charge in [0.2, 0.25) is 0 Å². The number of guanidine groups is 1. The van der Waals surface area contributed by atoms with Crippen molar-refractivity contribution in [3.8, 4) is 5.75 Å². The lowest BCUT2D eigenvalue weighted by Crippen LogP contribution is -2.48. The Morgan fingerprint density at radius 1 is 1.25 bits per heavy atom. The number of rotatable bonds is 6. The number of benzene rings is 1. The van der Waals surface area contributed by atoms with Crippen LogP contribution in [0.1, 0.15) is 32.6 Å². The number of piperidine rings is 1. The fraction of sp³-hybridized carbons (Fsp3) is 0.667. The molecule has 0 aromatic heterocycles. The van der Waals surface area contributed by atoms with Gasteiger partial charge in [-0.05, 0) is 38.2 Å². The van der Waals surface area contributed by atoms with Crippen molar-refractivity contribution in [2.45, 2.75) is 43.5 Å². The minimum Gasteiger partial charge on any atom is -0.490 e. The molecule has 0 radical (unpaired) electrons. The van der Waals surface area contributed by atoms with Gasteiger partial charge in [0, 0.05) is 50.4 Å². The van der Waals surface area contributed by atoms with Crippen LogP contribution >= 0.6 is 35.7 Å². The minimum atomic E-state index is 0. The number of hydrogen-bond acceptors (Lipinski definition) is 4. The molecular formula is C21H34IN3O2S. The molecule has 2 aliphatic heterocycles. The zero-order valence-electron chi connectivity index (χ0n) is 17.1. The molecule has 28 heavy (non-hydrogen) atoms. The predicted octanol–water partition coefficient (Wildman–Crippen LogP) is 4.03. The van der Waals surface area contributed by atoms with Gasteiger partial charge in [-0.25, -0.2) is 0 Å². The molecule has 1 N–H and O–H groups in total. The number of thioether (sulfide) groups is 1. The Labute approximate surface area is 191 Å². The van der Waals surface area contributed by atoms with Crippen LogP contribution in [0.5, 0.6) is 5.75 Å². The second-order valence-electron chi connectivity index (χ2n) is 7.29. The molecule has 7 heteroatoms. The van der Waals surface area contributed by atoms with E-state index in [1.807, 2.05) is 42.1 Å². The third-order valence-corrected chi connectivity index (χ3v) is 6.88. The Morgan fingerprint density at radius 2 is 1.93 bits per heavy atom. The highest BCUT2D eigenvalue weighted by Gasteiger charge is 2.32. The molecule has 3 rings (SSSR count). The van der Waals surface area contributed by atoms with E-state index in [1.54, 1.807) is 0 Å². The first kappa shape index (κ1) is 23.6. The SMILES string of the molecule is CCNC(=NCC1(SC)CCOCC1)N1CCC(Oc2ccccc2)CC1.I. The molecule has 158 valence electrons. The second-order valence-corrected chi connectivity index (χ2v) is 8.56. The summed E-state index contributed by atoms with van der Waals surface area (Å²) < 4.78 is 11.9. The molecule has 1 aromatic rings. The normalized spacial score (nSPS) is 20.4. The van der Waals surface area contributed by atoms with Crippen LogP contribution in [0.15, 0.2) is 35.3 Å². The zero-order chi connectivity index (χ0) is 19.0. The third kappa shape index (κ3) is 6.69. The average Bonchev–Trinajstić information content (AvgIpc) is 2.73. The summed E-state index contributed by atoms with van der Waals surface area (Å²) in [6.07, 6.45) is 6.73. The monoisotopic (exact) mass is 519 g/mol. The predicted molar refractivity (Wildman–Crippen MR) is 129 cm³/mol. The van der Waals surface area contributed by atoms with Gasteiger partial charge in [0.1, 0.15) is 11.9 Å². The maximum Gasteiger partial charge on any atom is 0.193 e. The van der Waals surface area contributed by atoms with Crippen molar-refractivity contribution in [1.82, 2.24) is 10.2 Å². The standard InChI is InChI=1S/C21H33N3O2S.HI/c1-3-22-20(23-17-21(27-2)11-15-25-16-12-21)24-13-9-19(10-14-24)26-18-7-5-4-6-8-18;/h4-8,19H,3,9-17H2,1-2H3,(H,22,23);1H. The molecule has 2 aliphatic rings. The topological polar surface area (TPSA) is 46.1 Å². The molecule has 0 atom stereocenters. The molecule has 0 aliphatic carbocycles. The van der Waals surface area contributed by atoms with E-state index in [1.165, 1.54) is 0 Å². The molecule has 2 fully saturated rings. The summed E-state index contributed by atoms with van der Waals surface area (Å²) >= 11 is 1.95. The lowest BCUT2D eigenvalue weighted by molar-refractivity contribution is 0.0792. The van der Waals surface area contributed by atoms with Crippen molar-refractivity contribution in [2.24, 2.45) is 4.99 Å². The molecule has 1 aromatic carbocycles. The molecule has 2 saturated heterocycles. The molecule has 0 saturated carbocycles. The average molecular weight is 519 g/mol. The second kappa shape index (κ2) is 12.1. The Morgan fingerprint density at radius 3 is 2.54 bits per heavy atom. The first-order valence-electron chi connectivity index (χ1n) is 10.1. The van der Waals surface area contributed by atoms with Gasteiger partial charge in [0.25, 0.3) is 0 Å². The first-order valence-corrected chi connectivity index (χ1v) is 11.3. The highest BCUT2D eigenvalue weighted by atomic mass is 127. The highest BCUT2D eigenvalue weighted by molar-refractivity contribution is 14.0. The number of nitrogens with zero attached hydrogens (tertiary/aromatic N) is 2. The fourth-order valence-electron chi connectivity index (χ4n) is 3.69. The van der Waals surface area contributed by atoms with Crippen LogP contribution in [-0.4, -0.2) is 67.4 Å². The van der Waals surface area contributed by atoms with E-state index in [9.17, 15) is 0 Å². The van der Waals surface area contributed by atoms with Crippen molar-refractivity contribution in [2.75, 3.05) is 45.6 Å².